The summed E-state index contributed by atoms with van der Waals surface area (Å²) in [6.45, 7) is 3.21. The first-order chi connectivity index (χ1) is 14.3. The van der Waals surface area contributed by atoms with Gasteiger partial charge in [0.15, 0.2) is 11.6 Å². The molecule has 2 heterocycles. The minimum absolute atomic E-state index is 0.0350. The second kappa shape index (κ2) is 6.99. The molecule has 0 spiro atoms. The largest absolute Gasteiger partial charge is 0.346 e. The summed E-state index contributed by atoms with van der Waals surface area (Å²) in [5.74, 6) is -2.18. The molecule has 2 aromatic heterocycles. The molecule has 30 heavy (non-hydrogen) atoms. The Morgan fingerprint density at radius 1 is 1.30 bits per heavy atom. The van der Waals surface area contributed by atoms with Gasteiger partial charge in [0, 0.05) is 23.3 Å². The fourth-order valence-corrected chi connectivity index (χ4v) is 3.81. The molecule has 1 atom stereocenters. The monoisotopic (exact) mass is 409 g/mol. The predicted molar refractivity (Wildman–Crippen MR) is 103 cm³/mol. The van der Waals surface area contributed by atoms with Crippen LogP contribution < -0.4 is 10.9 Å². The van der Waals surface area contributed by atoms with Crippen LogP contribution in [0.3, 0.4) is 0 Å². The average Bonchev–Trinajstić information content (AvgIpc) is 3.52. The van der Waals surface area contributed by atoms with Crippen LogP contribution in [-0.4, -0.2) is 20.9 Å². The number of benzene rings is 1. The molecule has 2 N–H and O–H groups in total. The van der Waals surface area contributed by atoms with E-state index in [9.17, 15) is 18.4 Å². The number of nitrogens with one attached hydrogen (secondary N) is 2. The highest BCUT2D eigenvalue weighted by molar-refractivity contribution is 5.94. The molecule has 152 valence electrons. The van der Waals surface area contributed by atoms with E-state index in [2.05, 4.69) is 20.3 Å². The van der Waals surface area contributed by atoms with Crippen LogP contribution in [0, 0.1) is 29.9 Å². The number of H-pyrrole nitrogens is 1. The summed E-state index contributed by atoms with van der Waals surface area (Å²) in [7, 11) is 0. The summed E-state index contributed by atoms with van der Waals surface area (Å²) in [5.41, 5.74) is -0.753. The number of carbonyl (C=O) groups is 1. The number of aromatic nitrogens is 3. The molecule has 0 aliphatic heterocycles. The van der Waals surface area contributed by atoms with E-state index in [1.165, 1.54) is 25.4 Å². The number of aromatic amines is 1. The van der Waals surface area contributed by atoms with Crippen molar-refractivity contribution in [1.29, 1.82) is 5.26 Å². The molecule has 3 aromatic rings. The Morgan fingerprint density at radius 2 is 1.97 bits per heavy atom. The summed E-state index contributed by atoms with van der Waals surface area (Å²) in [6, 6.07) is 3.60. The lowest BCUT2D eigenvalue weighted by atomic mass is 9.89. The summed E-state index contributed by atoms with van der Waals surface area (Å²) < 4.78 is 28.2. The number of nitrogens with zero attached hydrogens (tertiary/aromatic N) is 3. The van der Waals surface area contributed by atoms with Gasteiger partial charge in [0.05, 0.1) is 22.5 Å². The molecule has 1 aliphatic rings. The zero-order valence-corrected chi connectivity index (χ0v) is 16.2. The minimum Gasteiger partial charge on any atom is -0.346 e. The molecule has 0 bridgehead atoms. The Hall–Kier alpha value is -3.67. The maximum atomic E-state index is 14.4. The number of aryl methyl sites for hydroxylation is 1. The molecular formula is C21H17F2N5O2. The number of carbonyl (C=O) groups excluding carboxylic acids is 1. The third kappa shape index (κ3) is 3.01. The molecule has 1 fully saturated rings. The van der Waals surface area contributed by atoms with Gasteiger partial charge in [-0.05, 0) is 44.4 Å². The SMILES string of the molecule is Cc1c(C2(C(=O)NC(C)c3ncc(C#N)cn3)CC2)c(=O)[nH]c2ccc(F)c(F)c12. The maximum Gasteiger partial charge on any atom is 0.252 e. The Bertz CT molecular complexity index is 1270. The van der Waals surface area contributed by atoms with Gasteiger partial charge in [0.2, 0.25) is 5.91 Å². The molecule has 1 unspecified atom stereocenters. The van der Waals surface area contributed by atoms with Gasteiger partial charge in [-0.2, -0.15) is 5.26 Å². The fourth-order valence-electron chi connectivity index (χ4n) is 3.81. The van der Waals surface area contributed by atoms with Crippen molar-refractivity contribution in [3.63, 3.8) is 0 Å². The van der Waals surface area contributed by atoms with Gasteiger partial charge in [-0.25, -0.2) is 18.7 Å². The Kier molecular flexibility index (Phi) is 4.57. The number of amides is 1. The lowest BCUT2D eigenvalue weighted by Crippen LogP contribution is -2.40. The van der Waals surface area contributed by atoms with E-state index in [1.807, 2.05) is 6.07 Å². The zero-order valence-electron chi connectivity index (χ0n) is 16.2. The normalized spacial score (nSPS) is 15.4. The van der Waals surface area contributed by atoms with Gasteiger partial charge in [0.25, 0.3) is 5.56 Å². The second-order valence-corrected chi connectivity index (χ2v) is 7.46. The van der Waals surface area contributed by atoms with Crippen LogP contribution in [0.1, 0.15) is 48.3 Å². The summed E-state index contributed by atoms with van der Waals surface area (Å²) in [6.07, 6.45) is 3.53. The van der Waals surface area contributed by atoms with Crippen molar-refractivity contribution in [2.24, 2.45) is 0 Å². The van der Waals surface area contributed by atoms with Crippen molar-refractivity contribution in [3.8, 4) is 6.07 Å². The highest BCUT2D eigenvalue weighted by Crippen LogP contribution is 2.49. The minimum atomic E-state index is -1.12. The van der Waals surface area contributed by atoms with Gasteiger partial charge in [-0.3, -0.25) is 9.59 Å². The number of hydrogen-bond acceptors (Lipinski definition) is 5. The Labute approximate surface area is 169 Å². The first kappa shape index (κ1) is 19.6. The summed E-state index contributed by atoms with van der Waals surface area (Å²) in [5, 5.41) is 11.6. The van der Waals surface area contributed by atoms with Crippen molar-refractivity contribution in [3.05, 3.63) is 69.0 Å². The number of nitriles is 1. The van der Waals surface area contributed by atoms with E-state index < -0.39 is 34.6 Å². The van der Waals surface area contributed by atoms with Crippen molar-refractivity contribution in [2.75, 3.05) is 0 Å². The van der Waals surface area contributed by atoms with Crippen LogP contribution in [0.2, 0.25) is 0 Å². The number of fused-ring (bicyclic) bond motifs is 1. The van der Waals surface area contributed by atoms with Gasteiger partial charge in [-0.15, -0.1) is 0 Å². The van der Waals surface area contributed by atoms with Crippen molar-refractivity contribution < 1.29 is 13.6 Å². The first-order valence-electron chi connectivity index (χ1n) is 9.32. The van der Waals surface area contributed by atoms with Crippen LogP contribution in [-0.2, 0) is 10.2 Å². The van der Waals surface area contributed by atoms with Crippen LogP contribution in [0.4, 0.5) is 8.78 Å². The van der Waals surface area contributed by atoms with Gasteiger partial charge in [-0.1, -0.05) is 0 Å². The number of rotatable bonds is 4. The molecule has 4 rings (SSSR count). The quantitative estimate of drug-likeness (QED) is 0.688. The van der Waals surface area contributed by atoms with Crippen molar-refractivity contribution in [1.82, 2.24) is 20.3 Å². The van der Waals surface area contributed by atoms with E-state index in [1.54, 1.807) is 6.92 Å². The molecular weight excluding hydrogens is 392 g/mol. The van der Waals surface area contributed by atoms with Crippen LogP contribution in [0.15, 0.2) is 29.3 Å². The summed E-state index contributed by atoms with van der Waals surface area (Å²) in [4.78, 5) is 36.6. The smallest absolute Gasteiger partial charge is 0.252 e. The highest BCUT2D eigenvalue weighted by atomic mass is 19.2. The molecule has 1 saturated carbocycles. The molecule has 9 heteroatoms. The lowest BCUT2D eigenvalue weighted by Gasteiger charge is -2.21. The van der Waals surface area contributed by atoms with Gasteiger partial charge < -0.3 is 10.3 Å². The van der Waals surface area contributed by atoms with Crippen LogP contribution in [0.5, 0.6) is 0 Å². The first-order valence-corrected chi connectivity index (χ1v) is 9.32. The molecule has 7 nitrogen and oxygen atoms in total. The topological polar surface area (TPSA) is 112 Å². The Balaban J connectivity index is 1.71. The summed E-state index contributed by atoms with van der Waals surface area (Å²) >= 11 is 0. The van der Waals surface area contributed by atoms with Crippen molar-refractivity contribution >= 4 is 16.8 Å². The van der Waals surface area contributed by atoms with Gasteiger partial charge in [0.1, 0.15) is 11.9 Å². The number of pyridine rings is 1. The Morgan fingerprint density at radius 3 is 2.57 bits per heavy atom. The number of halogens is 2. The molecule has 0 saturated heterocycles. The molecule has 1 amide bonds. The van der Waals surface area contributed by atoms with Crippen molar-refractivity contribution in [2.45, 2.75) is 38.1 Å². The fraction of sp³-hybridized carbons (Fsp3) is 0.286. The van der Waals surface area contributed by atoms with Crippen LogP contribution >= 0.6 is 0 Å². The third-order valence-corrected chi connectivity index (χ3v) is 5.52. The predicted octanol–water partition coefficient (Wildman–Crippen LogP) is 2.69. The third-order valence-electron chi connectivity index (χ3n) is 5.52. The standard InChI is InChI=1S/C21H17F2N5O2/c1-10-15-14(4-3-13(22)17(15)23)28-19(29)16(10)21(5-6-21)20(30)27-11(2)18-25-8-12(7-24)9-26-18/h3-4,8-9,11H,5-6H2,1-2H3,(H,27,30)(H,28,29). The number of hydrogen-bond donors (Lipinski definition) is 2. The van der Waals surface area contributed by atoms with E-state index in [-0.39, 0.29) is 22.0 Å². The van der Waals surface area contributed by atoms with E-state index in [0.29, 0.717) is 24.2 Å². The molecule has 1 aliphatic carbocycles. The second-order valence-electron chi connectivity index (χ2n) is 7.46. The van der Waals surface area contributed by atoms with Crippen LogP contribution in [0.25, 0.3) is 10.9 Å². The average molecular weight is 409 g/mol. The van der Waals surface area contributed by atoms with Gasteiger partial charge >= 0.3 is 0 Å². The maximum absolute atomic E-state index is 14.4. The van der Waals surface area contributed by atoms with E-state index in [4.69, 9.17) is 5.26 Å². The van der Waals surface area contributed by atoms with E-state index in [0.717, 1.165) is 6.07 Å². The molecule has 0 radical (unpaired) electrons. The molecule has 1 aromatic carbocycles. The lowest BCUT2D eigenvalue weighted by molar-refractivity contribution is -0.124. The zero-order chi connectivity index (χ0) is 21.6. The van der Waals surface area contributed by atoms with E-state index >= 15 is 0 Å². The highest BCUT2D eigenvalue weighted by Gasteiger charge is 2.54.